The second-order valence-corrected chi connectivity index (χ2v) is 7.66. The summed E-state index contributed by atoms with van der Waals surface area (Å²) in [6.45, 7) is 3.33. The number of hydrogen-bond acceptors (Lipinski definition) is 5. The van der Waals surface area contributed by atoms with Gasteiger partial charge in [0.25, 0.3) is 0 Å². The minimum Gasteiger partial charge on any atom is -0.300 e. The Morgan fingerprint density at radius 3 is 2.55 bits per heavy atom. The number of nitrogens with one attached hydrogen (secondary N) is 1. The SMILES string of the molecule is Cc1csc(NC(=O)CN(c2ccccc2C)S(C)(=O)=O)n1. The molecular formula is C14H17N3O3S2. The number of thiazole rings is 1. The second-order valence-electron chi connectivity index (χ2n) is 4.90. The minimum absolute atomic E-state index is 0.289. The van der Waals surface area contributed by atoms with Crippen molar-refractivity contribution in [2.75, 3.05) is 22.4 Å². The topological polar surface area (TPSA) is 79.4 Å². The molecule has 1 aromatic heterocycles. The van der Waals surface area contributed by atoms with Crippen LogP contribution in [0.5, 0.6) is 0 Å². The van der Waals surface area contributed by atoms with E-state index in [1.54, 1.807) is 25.1 Å². The summed E-state index contributed by atoms with van der Waals surface area (Å²) < 4.78 is 25.1. The minimum atomic E-state index is -3.57. The Kier molecular flexibility index (Phi) is 4.82. The Labute approximate surface area is 133 Å². The lowest BCUT2D eigenvalue weighted by molar-refractivity contribution is -0.114. The first-order valence-corrected chi connectivity index (χ1v) is 9.25. The highest BCUT2D eigenvalue weighted by atomic mass is 32.2. The van der Waals surface area contributed by atoms with Gasteiger partial charge >= 0.3 is 0 Å². The van der Waals surface area contributed by atoms with Crippen LogP contribution in [0.15, 0.2) is 29.6 Å². The van der Waals surface area contributed by atoms with E-state index >= 15 is 0 Å². The van der Waals surface area contributed by atoms with E-state index in [4.69, 9.17) is 0 Å². The third-order valence-corrected chi connectivity index (χ3v) is 4.94. The first kappa shape index (κ1) is 16.4. The number of carbonyl (C=O) groups excluding carboxylic acids is 1. The van der Waals surface area contributed by atoms with E-state index in [9.17, 15) is 13.2 Å². The molecule has 0 aliphatic carbocycles. The summed E-state index contributed by atoms with van der Waals surface area (Å²) in [5, 5.41) is 4.89. The highest BCUT2D eigenvalue weighted by Crippen LogP contribution is 2.22. The van der Waals surface area contributed by atoms with Gasteiger partial charge in [-0.05, 0) is 25.5 Å². The molecule has 0 aliphatic rings. The van der Waals surface area contributed by atoms with Crippen LogP contribution in [0.25, 0.3) is 0 Å². The fraction of sp³-hybridized carbons (Fsp3) is 0.286. The quantitative estimate of drug-likeness (QED) is 0.905. The maximum Gasteiger partial charge on any atom is 0.246 e. The van der Waals surface area contributed by atoms with E-state index in [0.29, 0.717) is 10.8 Å². The van der Waals surface area contributed by atoms with Gasteiger partial charge < -0.3 is 5.32 Å². The maximum absolute atomic E-state index is 12.1. The number of hydrogen-bond donors (Lipinski definition) is 1. The molecule has 22 heavy (non-hydrogen) atoms. The number of carbonyl (C=O) groups is 1. The Morgan fingerprint density at radius 2 is 2.00 bits per heavy atom. The molecule has 118 valence electrons. The molecule has 1 heterocycles. The lowest BCUT2D eigenvalue weighted by Gasteiger charge is -2.23. The summed E-state index contributed by atoms with van der Waals surface area (Å²) >= 11 is 1.30. The predicted octanol–water partition coefficient (Wildman–Crippen LogP) is 2.16. The van der Waals surface area contributed by atoms with Crippen LogP contribution in [0.1, 0.15) is 11.3 Å². The molecule has 0 fully saturated rings. The fourth-order valence-electron chi connectivity index (χ4n) is 1.92. The van der Waals surface area contributed by atoms with Crippen LogP contribution in [0.3, 0.4) is 0 Å². The predicted molar refractivity (Wildman–Crippen MR) is 88.8 cm³/mol. The van der Waals surface area contributed by atoms with Gasteiger partial charge in [0.15, 0.2) is 5.13 Å². The lowest BCUT2D eigenvalue weighted by Crippen LogP contribution is -2.37. The Morgan fingerprint density at radius 1 is 1.32 bits per heavy atom. The molecule has 0 unspecified atom stereocenters. The average Bonchev–Trinajstić information content (AvgIpc) is 2.81. The Hall–Kier alpha value is -1.93. The Bertz CT molecular complexity index is 784. The first-order chi connectivity index (χ1) is 10.3. The molecule has 0 atom stereocenters. The molecule has 0 saturated carbocycles. The average molecular weight is 339 g/mol. The van der Waals surface area contributed by atoms with Crippen molar-refractivity contribution in [3.05, 3.63) is 40.9 Å². The van der Waals surface area contributed by atoms with Crippen LogP contribution in [-0.2, 0) is 14.8 Å². The molecule has 0 saturated heterocycles. The van der Waals surface area contributed by atoms with Gasteiger partial charge in [-0.3, -0.25) is 9.10 Å². The number of nitrogens with zero attached hydrogens (tertiary/aromatic N) is 2. The van der Waals surface area contributed by atoms with Crippen molar-refractivity contribution in [3.8, 4) is 0 Å². The maximum atomic E-state index is 12.1. The third-order valence-electron chi connectivity index (χ3n) is 2.94. The number of sulfonamides is 1. The van der Waals surface area contributed by atoms with Crippen LogP contribution < -0.4 is 9.62 Å². The molecule has 1 aromatic carbocycles. The van der Waals surface area contributed by atoms with Gasteiger partial charge in [-0.1, -0.05) is 18.2 Å². The van der Waals surface area contributed by atoms with E-state index < -0.39 is 15.9 Å². The highest BCUT2D eigenvalue weighted by Gasteiger charge is 2.22. The van der Waals surface area contributed by atoms with Crippen LogP contribution in [0, 0.1) is 13.8 Å². The molecule has 1 N–H and O–H groups in total. The lowest BCUT2D eigenvalue weighted by atomic mass is 10.2. The van der Waals surface area contributed by atoms with Gasteiger partial charge in [-0.25, -0.2) is 13.4 Å². The first-order valence-electron chi connectivity index (χ1n) is 6.52. The fourth-order valence-corrected chi connectivity index (χ4v) is 3.54. The highest BCUT2D eigenvalue weighted by molar-refractivity contribution is 7.92. The molecule has 2 aromatic rings. The summed E-state index contributed by atoms with van der Waals surface area (Å²) in [4.78, 5) is 16.2. The molecule has 8 heteroatoms. The van der Waals surface area contributed by atoms with Crippen molar-refractivity contribution < 1.29 is 13.2 Å². The standard InChI is InChI=1S/C14H17N3O3S2/c1-10-6-4-5-7-12(10)17(22(3,19)20)8-13(18)16-14-15-11(2)9-21-14/h4-7,9H,8H2,1-3H3,(H,15,16,18). The smallest absolute Gasteiger partial charge is 0.246 e. The number of aryl methyl sites for hydroxylation is 2. The van der Waals surface area contributed by atoms with Gasteiger partial charge in [0.1, 0.15) is 6.54 Å². The summed E-state index contributed by atoms with van der Waals surface area (Å²) in [7, 11) is -3.57. The second kappa shape index (κ2) is 6.45. The van der Waals surface area contributed by atoms with Gasteiger partial charge in [0, 0.05) is 5.38 Å². The zero-order valence-electron chi connectivity index (χ0n) is 12.5. The monoisotopic (exact) mass is 339 g/mol. The number of rotatable bonds is 5. The zero-order chi connectivity index (χ0) is 16.3. The number of aromatic nitrogens is 1. The van der Waals surface area contributed by atoms with Crippen LogP contribution in [0.4, 0.5) is 10.8 Å². The zero-order valence-corrected chi connectivity index (χ0v) is 14.2. The molecule has 1 amide bonds. The molecule has 0 bridgehead atoms. The van der Waals surface area contributed by atoms with Crippen LogP contribution >= 0.6 is 11.3 Å². The summed E-state index contributed by atoms with van der Waals surface area (Å²) in [5.41, 5.74) is 2.08. The summed E-state index contributed by atoms with van der Waals surface area (Å²) in [5.74, 6) is -0.428. The van der Waals surface area contributed by atoms with Crippen LogP contribution in [-0.4, -0.2) is 32.1 Å². The number of amides is 1. The van der Waals surface area contributed by atoms with Gasteiger partial charge in [0.05, 0.1) is 17.6 Å². The summed E-state index contributed by atoms with van der Waals surface area (Å²) in [6.07, 6.45) is 1.08. The Balaban J connectivity index is 2.21. The normalized spacial score (nSPS) is 11.2. The third kappa shape index (κ3) is 4.05. The molecule has 0 aliphatic heterocycles. The number of para-hydroxylation sites is 1. The van der Waals surface area contributed by atoms with Crippen molar-refractivity contribution >= 4 is 38.1 Å². The van der Waals surface area contributed by atoms with Crippen molar-refractivity contribution in [1.82, 2.24) is 4.98 Å². The molecule has 0 radical (unpaired) electrons. The van der Waals surface area contributed by atoms with E-state index in [0.717, 1.165) is 21.8 Å². The van der Waals surface area contributed by atoms with Crippen molar-refractivity contribution in [2.45, 2.75) is 13.8 Å². The van der Waals surface area contributed by atoms with Crippen LogP contribution in [0.2, 0.25) is 0 Å². The van der Waals surface area contributed by atoms with Gasteiger partial charge in [-0.2, -0.15) is 0 Å². The largest absolute Gasteiger partial charge is 0.300 e. The van der Waals surface area contributed by atoms with E-state index in [2.05, 4.69) is 10.3 Å². The van der Waals surface area contributed by atoms with Gasteiger partial charge in [0.2, 0.25) is 15.9 Å². The molecule has 0 spiro atoms. The van der Waals surface area contributed by atoms with Crippen molar-refractivity contribution in [3.63, 3.8) is 0 Å². The molecular weight excluding hydrogens is 322 g/mol. The number of benzene rings is 1. The van der Waals surface area contributed by atoms with Crippen molar-refractivity contribution in [2.24, 2.45) is 0 Å². The van der Waals surface area contributed by atoms with E-state index in [1.165, 1.54) is 11.3 Å². The van der Waals surface area contributed by atoms with Gasteiger partial charge in [-0.15, -0.1) is 11.3 Å². The molecule has 2 rings (SSSR count). The number of anilines is 2. The van der Waals surface area contributed by atoms with E-state index in [-0.39, 0.29) is 6.54 Å². The summed E-state index contributed by atoms with van der Waals surface area (Å²) in [6, 6.07) is 7.03. The van der Waals surface area contributed by atoms with Crippen molar-refractivity contribution in [1.29, 1.82) is 0 Å². The van der Waals surface area contributed by atoms with E-state index in [1.807, 2.05) is 18.4 Å². The molecule has 6 nitrogen and oxygen atoms in total.